The molecule has 0 spiro atoms. The van der Waals surface area contributed by atoms with Gasteiger partial charge in [0.1, 0.15) is 5.75 Å². The van der Waals surface area contributed by atoms with Gasteiger partial charge in [-0.2, -0.15) is 0 Å². The number of unbranched alkanes of at least 4 members (excludes halogenated alkanes) is 7. The number of rotatable bonds is 11. The van der Waals surface area contributed by atoms with E-state index in [0.717, 1.165) is 12.0 Å². The Morgan fingerprint density at radius 3 is 2.43 bits per heavy atom. The Balaban J connectivity index is 2.10. The fraction of sp³-hybridized carbons (Fsp3) is 0.526. The first-order valence-corrected chi connectivity index (χ1v) is 8.68. The van der Waals surface area contributed by atoms with Crippen molar-refractivity contribution < 1.29 is 9.90 Å². The largest absolute Gasteiger partial charge is 0.506 e. The van der Waals surface area contributed by atoms with Crippen molar-refractivity contribution in [2.45, 2.75) is 58.3 Å². The Kier molecular flexibility index (Phi) is 9.60. The van der Waals surface area contributed by atoms with Crippen molar-refractivity contribution in [1.82, 2.24) is 5.32 Å². The van der Waals surface area contributed by atoms with E-state index in [1.54, 1.807) is 18.2 Å². The van der Waals surface area contributed by atoms with Crippen molar-refractivity contribution in [1.29, 1.82) is 0 Å². The second-order valence-corrected chi connectivity index (χ2v) is 5.92. The van der Waals surface area contributed by atoms with Gasteiger partial charge < -0.3 is 16.2 Å². The van der Waals surface area contributed by atoms with Crippen LogP contribution in [0, 0.1) is 0 Å². The Hall–Kier alpha value is -1.97. The molecule has 0 aliphatic heterocycles. The molecule has 4 N–H and O–H groups in total. The highest BCUT2D eigenvalue weighted by atomic mass is 16.3. The molecule has 128 valence electrons. The van der Waals surface area contributed by atoms with Gasteiger partial charge in [-0.25, -0.2) is 0 Å². The van der Waals surface area contributed by atoms with Crippen molar-refractivity contribution in [2.24, 2.45) is 0 Å². The molecule has 0 saturated carbocycles. The van der Waals surface area contributed by atoms with E-state index in [2.05, 4.69) is 12.2 Å². The van der Waals surface area contributed by atoms with Crippen molar-refractivity contribution in [3.05, 3.63) is 29.8 Å². The smallest absolute Gasteiger partial charge is 0.243 e. The molecule has 0 aliphatic rings. The maximum Gasteiger partial charge on any atom is 0.243 e. The molecule has 0 aromatic heterocycles. The predicted octanol–water partition coefficient (Wildman–Crippen LogP) is 4.24. The molecule has 1 aromatic rings. The Morgan fingerprint density at radius 1 is 1.13 bits per heavy atom. The standard InChI is InChI=1S/C19H30N2O2/c1-2-3-4-5-6-7-8-9-14-21-19(23)13-11-16-10-12-17(20)18(22)15-16/h10-13,15,22H,2-9,14,20H2,1H3,(H,21,23). The molecule has 23 heavy (non-hydrogen) atoms. The first-order chi connectivity index (χ1) is 11.1. The van der Waals surface area contributed by atoms with Crippen LogP contribution in [0.2, 0.25) is 0 Å². The molecule has 1 amide bonds. The minimum Gasteiger partial charge on any atom is -0.506 e. The highest BCUT2D eigenvalue weighted by molar-refractivity contribution is 5.91. The number of carbonyl (C=O) groups is 1. The maximum absolute atomic E-state index is 11.7. The molecular formula is C19H30N2O2. The van der Waals surface area contributed by atoms with E-state index in [9.17, 15) is 9.90 Å². The molecule has 1 aromatic carbocycles. The fourth-order valence-electron chi connectivity index (χ4n) is 2.37. The maximum atomic E-state index is 11.7. The SMILES string of the molecule is CCCCCCCCCCNC(=O)C=Cc1ccc(N)c(O)c1. The summed E-state index contributed by atoms with van der Waals surface area (Å²) >= 11 is 0. The summed E-state index contributed by atoms with van der Waals surface area (Å²) in [5.41, 5.74) is 6.61. The van der Waals surface area contributed by atoms with Crippen LogP contribution < -0.4 is 11.1 Å². The zero-order valence-electron chi connectivity index (χ0n) is 14.2. The number of amides is 1. The van der Waals surface area contributed by atoms with Gasteiger partial charge in [0, 0.05) is 12.6 Å². The third kappa shape index (κ3) is 8.91. The molecule has 0 bridgehead atoms. The van der Waals surface area contributed by atoms with Gasteiger partial charge >= 0.3 is 0 Å². The highest BCUT2D eigenvalue weighted by Crippen LogP contribution is 2.21. The van der Waals surface area contributed by atoms with E-state index in [1.807, 2.05) is 0 Å². The third-order valence-corrected chi connectivity index (χ3v) is 3.81. The van der Waals surface area contributed by atoms with Gasteiger partial charge in [-0.05, 0) is 30.2 Å². The molecule has 1 rings (SSSR count). The molecular weight excluding hydrogens is 288 g/mol. The van der Waals surface area contributed by atoms with Crippen LogP contribution in [-0.2, 0) is 4.79 Å². The number of anilines is 1. The van der Waals surface area contributed by atoms with Gasteiger partial charge in [-0.1, -0.05) is 57.9 Å². The van der Waals surface area contributed by atoms with E-state index in [-0.39, 0.29) is 11.7 Å². The van der Waals surface area contributed by atoms with Crippen LogP contribution in [0.4, 0.5) is 5.69 Å². The molecule has 0 saturated heterocycles. The monoisotopic (exact) mass is 318 g/mol. The number of phenolic OH excluding ortho intramolecular Hbond substituents is 1. The van der Waals surface area contributed by atoms with Gasteiger partial charge in [-0.15, -0.1) is 0 Å². The summed E-state index contributed by atoms with van der Waals surface area (Å²) in [4.78, 5) is 11.7. The Morgan fingerprint density at radius 2 is 1.78 bits per heavy atom. The predicted molar refractivity (Wildman–Crippen MR) is 97.2 cm³/mol. The molecule has 0 fully saturated rings. The second-order valence-electron chi connectivity index (χ2n) is 5.92. The van der Waals surface area contributed by atoms with Crippen molar-refractivity contribution in [3.8, 4) is 5.75 Å². The van der Waals surface area contributed by atoms with Gasteiger partial charge in [-0.3, -0.25) is 4.79 Å². The summed E-state index contributed by atoms with van der Waals surface area (Å²) in [6, 6.07) is 4.92. The van der Waals surface area contributed by atoms with E-state index >= 15 is 0 Å². The number of aromatic hydroxyl groups is 1. The average molecular weight is 318 g/mol. The first-order valence-electron chi connectivity index (χ1n) is 8.68. The van der Waals surface area contributed by atoms with Crippen LogP contribution in [0.25, 0.3) is 6.08 Å². The summed E-state index contributed by atoms with van der Waals surface area (Å²) in [5.74, 6) is -0.0734. The lowest BCUT2D eigenvalue weighted by atomic mass is 10.1. The number of nitrogens with one attached hydrogen (secondary N) is 1. The number of nitrogens with two attached hydrogens (primary N) is 1. The normalized spacial score (nSPS) is 11.0. The molecule has 0 unspecified atom stereocenters. The van der Waals surface area contributed by atoms with Crippen LogP contribution in [0.15, 0.2) is 24.3 Å². The summed E-state index contributed by atoms with van der Waals surface area (Å²) in [6.45, 7) is 2.94. The van der Waals surface area contributed by atoms with E-state index in [1.165, 1.54) is 57.1 Å². The number of hydrogen-bond acceptors (Lipinski definition) is 3. The average Bonchev–Trinajstić information content (AvgIpc) is 2.54. The van der Waals surface area contributed by atoms with Crippen molar-refractivity contribution in [3.63, 3.8) is 0 Å². The minimum absolute atomic E-state index is 0.0338. The number of phenols is 1. The van der Waals surface area contributed by atoms with Crippen molar-refractivity contribution in [2.75, 3.05) is 12.3 Å². The topological polar surface area (TPSA) is 75.4 Å². The molecule has 4 nitrogen and oxygen atoms in total. The third-order valence-electron chi connectivity index (χ3n) is 3.81. The van der Waals surface area contributed by atoms with Crippen LogP contribution in [0.5, 0.6) is 5.75 Å². The van der Waals surface area contributed by atoms with E-state index < -0.39 is 0 Å². The second kappa shape index (κ2) is 11.6. The zero-order chi connectivity index (χ0) is 16.9. The van der Waals surface area contributed by atoms with Gasteiger partial charge in [0.15, 0.2) is 0 Å². The molecule has 0 aliphatic carbocycles. The number of carbonyl (C=O) groups excluding carboxylic acids is 1. The highest BCUT2D eigenvalue weighted by Gasteiger charge is 1.98. The van der Waals surface area contributed by atoms with Crippen LogP contribution >= 0.6 is 0 Å². The Bertz CT molecular complexity index is 498. The lowest BCUT2D eigenvalue weighted by molar-refractivity contribution is -0.116. The van der Waals surface area contributed by atoms with Gasteiger partial charge in [0.2, 0.25) is 5.91 Å². The lowest BCUT2D eigenvalue weighted by Gasteiger charge is -2.03. The molecule has 0 atom stereocenters. The molecule has 0 radical (unpaired) electrons. The van der Waals surface area contributed by atoms with E-state index in [4.69, 9.17) is 5.73 Å². The quantitative estimate of drug-likeness (QED) is 0.247. The van der Waals surface area contributed by atoms with Crippen LogP contribution in [0.1, 0.15) is 63.9 Å². The molecule has 0 heterocycles. The van der Waals surface area contributed by atoms with Gasteiger partial charge in [0.05, 0.1) is 5.69 Å². The van der Waals surface area contributed by atoms with E-state index in [0.29, 0.717) is 12.2 Å². The minimum atomic E-state index is -0.107. The summed E-state index contributed by atoms with van der Waals surface area (Å²) < 4.78 is 0. The zero-order valence-corrected chi connectivity index (χ0v) is 14.2. The fourth-order valence-corrected chi connectivity index (χ4v) is 2.37. The number of nitrogen functional groups attached to an aromatic ring is 1. The lowest BCUT2D eigenvalue weighted by Crippen LogP contribution is -2.21. The van der Waals surface area contributed by atoms with Crippen LogP contribution in [0.3, 0.4) is 0 Å². The molecule has 4 heteroatoms. The van der Waals surface area contributed by atoms with Crippen LogP contribution in [-0.4, -0.2) is 17.6 Å². The summed E-state index contributed by atoms with van der Waals surface area (Å²) in [5, 5.41) is 12.4. The Labute approximate surface area is 139 Å². The number of hydrogen-bond donors (Lipinski definition) is 3. The van der Waals surface area contributed by atoms with Crippen molar-refractivity contribution >= 4 is 17.7 Å². The number of benzene rings is 1. The van der Waals surface area contributed by atoms with Gasteiger partial charge in [0.25, 0.3) is 0 Å². The summed E-state index contributed by atoms with van der Waals surface area (Å²) in [6.07, 6.45) is 13.2. The summed E-state index contributed by atoms with van der Waals surface area (Å²) in [7, 11) is 0. The first kappa shape index (κ1) is 19.1.